The number of amides is 2. The molecule has 0 unspecified atom stereocenters. The number of nitrogens with two attached hydrogens (primary N) is 2. The van der Waals surface area contributed by atoms with Crippen LogP contribution < -0.4 is 11.5 Å². The summed E-state index contributed by atoms with van der Waals surface area (Å²) in [5.74, 6) is 0.450. The fraction of sp³-hybridized carbons (Fsp3) is 0.500. The van der Waals surface area contributed by atoms with E-state index in [9.17, 15) is 5.11 Å². The second-order valence-electron chi connectivity index (χ2n) is 4.55. The Kier molecular flexibility index (Phi) is 16.2. The number of aryl methyl sites for hydroxylation is 1. The molecule has 0 atom stereocenters. The predicted octanol–water partition coefficient (Wildman–Crippen LogP) is 3.13. The van der Waals surface area contributed by atoms with Gasteiger partial charge in [-0.25, -0.2) is 4.79 Å². The number of hydrogen-bond donors (Lipinski definition) is 3. The van der Waals surface area contributed by atoms with Gasteiger partial charge in [0.25, 0.3) is 0 Å². The highest BCUT2D eigenvalue weighted by molar-refractivity contribution is 5.69. The molecule has 120 valence electrons. The van der Waals surface area contributed by atoms with Crippen molar-refractivity contribution >= 4 is 12.8 Å². The molecule has 0 aliphatic rings. The maximum absolute atomic E-state index is 9.55. The highest BCUT2D eigenvalue weighted by Crippen LogP contribution is 2.18. The summed E-state index contributed by atoms with van der Waals surface area (Å²) in [6.45, 7) is 4.24. The number of urea groups is 1. The number of unbranched alkanes of at least 4 members (excludes halogenated alkanes) is 5. The Morgan fingerprint density at radius 1 is 1.05 bits per heavy atom. The van der Waals surface area contributed by atoms with Crippen LogP contribution in [0.2, 0.25) is 0 Å². The second kappa shape index (κ2) is 16.0. The van der Waals surface area contributed by atoms with Gasteiger partial charge in [-0.15, -0.1) is 0 Å². The molecule has 1 aromatic rings. The molecule has 5 heteroatoms. The van der Waals surface area contributed by atoms with Crippen molar-refractivity contribution in [2.75, 3.05) is 0 Å². The van der Waals surface area contributed by atoms with Gasteiger partial charge >= 0.3 is 6.03 Å². The number of carbonyl (C=O) groups is 2. The van der Waals surface area contributed by atoms with Crippen LogP contribution in [0.1, 0.15) is 51.0 Å². The lowest BCUT2D eigenvalue weighted by atomic mass is 10.0. The first kappa shape index (κ1) is 21.3. The average molecular weight is 296 g/mol. The zero-order valence-electron chi connectivity index (χ0n) is 12.9. The highest BCUT2D eigenvalue weighted by atomic mass is 16.3. The fourth-order valence-corrected chi connectivity index (χ4v) is 1.82. The van der Waals surface area contributed by atoms with Gasteiger partial charge in [-0.1, -0.05) is 57.2 Å². The maximum atomic E-state index is 9.55. The second-order valence-corrected chi connectivity index (χ2v) is 4.55. The lowest BCUT2D eigenvalue weighted by Gasteiger charge is -2.03. The molecular weight excluding hydrogens is 268 g/mol. The predicted molar refractivity (Wildman–Crippen MR) is 86.1 cm³/mol. The number of benzene rings is 1. The van der Waals surface area contributed by atoms with Gasteiger partial charge in [-0.2, -0.15) is 0 Å². The summed E-state index contributed by atoms with van der Waals surface area (Å²) in [5, 5.41) is 9.55. The standard InChI is InChI=1S/C14H22O.CH4N2O.CH2O/c1-2-3-4-5-6-7-10-13-11-8-9-12-14(13)15;2-1(3)4;1-2/h8-9,11-12,15H,2-7,10H2,1H3;(H4,2,3,4);1H2. The molecule has 1 aromatic carbocycles. The van der Waals surface area contributed by atoms with Crippen molar-refractivity contribution in [3.8, 4) is 5.75 Å². The lowest BCUT2D eigenvalue weighted by Crippen LogP contribution is -2.18. The van der Waals surface area contributed by atoms with E-state index >= 15 is 0 Å². The third-order valence-corrected chi connectivity index (χ3v) is 2.79. The molecule has 0 fully saturated rings. The van der Waals surface area contributed by atoms with E-state index in [4.69, 9.17) is 9.59 Å². The Morgan fingerprint density at radius 2 is 1.52 bits per heavy atom. The van der Waals surface area contributed by atoms with E-state index in [0.29, 0.717) is 5.75 Å². The van der Waals surface area contributed by atoms with E-state index in [2.05, 4.69) is 18.4 Å². The monoisotopic (exact) mass is 296 g/mol. The largest absolute Gasteiger partial charge is 0.508 e. The van der Waals surface area contributed by atoms with Crippen LogP contribution in [0.4, 0.5) is 4.79 Å². The van der Waals surface area contributed by atoms with Crippen LogP contribution in [-0.4, -0.2) is 17.9 Å². The molecular formula is C16H28N2O3. The molecule has 0 aromatic heterocycles. The molecule has 0 heterocycles. The summed E-state index contributed by atoms with van der Waals surface area (Å²) in [6, 6.07) is 6.82. The van der Waals surface area contributed by atoms with Gasteiger partial charge in [-0.3, -0.25) is 0 Å². The first-order valence-corrected chi connectivity index (χ1v) is 7.18. The van der Waals surface area contributed by atoms with Gasteiger partial charge in [0.05, 0.1) is 0 Å². The molecule has 0 saturated carbocycles. The summed E-state index contributed by atoms with van der Waals surface area (Å²) in [6.07, 6.45) is 8.85. The normalized spacial score (nSPS) is 8.81. The fourth-order valence-electron chi connectivity index (χ4n) is 1.82. The lowest BCUT2D eigenvalue weighted by molar-refractivity contribution is -0.0979. The van der Waals surface area contributed by atoms with E-state index in [1.54, 1.807) is 6.07 Å². The average Bonchev–Trinajstić information content (AvgIpc) is 2.46. The molecule has 5 nitrogen and oxygen atoms in total. The molecule has 0 aliphatic carbocycles. The van der Waals surface area contributed by atoms with Crippen LogP contribution >= 0.6 is 0 Å². The van der Waals surface area contributed by atoms with Crippen LogP contribution in [-0.2, 0) is 11.2 Å². The van der Waals surface area contributed by atoms with Crippen LogP contribution in [0.3, 0.4) is 0 Å². The molecule has 5 N–H and O–H groups in total. The SMILES string of the molecule is C=O.CCCCCCCCc1ccccc1O.NC(N)=O. The third-order valence-electron chi connectivity index (χ3n) is 2.79. The van der Waals surface area contributed by atoms with Crippen LogP contribution in [0, 0.1) is 0 Å². The first-order valence-electron chi connectivity index (χ1n) is 7.18. The van der Waals surface area contributed by atoms with Gasteiger partial charge < -0.3 is 21.4 Å². The topological polar surface area (TPSA) is 106 Å². The van der Waals surface area contributed by atoms with Crippen molar-refractivity contribution in [3.63, 3.8) is 0 Å². The van der Waals surface area contributed by atoms with Crippen LogP contribution in [0.25, 0.3) is 0 Å². The number of para-hydroxylation sites is 1. The summed E-state index contributed by atoms with van der Waals surface area (Å²) < 4.78 is 0. The zero-order valence-corrected chi connectivity index (χ0v) is 12.9. The number of rotatable bonds is 7. The molecule has 0 bridgehead atoms. The van der Waals surface area contributed by atoms with Crippen LogP contribution in [0.15, 0.2) is 24.3 Å². The molecule has 0 aliphatic heterocycles. The number of carbonyl (C=O) groups excluding carboxylic acids is 2. The number of phenolic OH excluding ortho intramolecular Hbond substituents is 1. The Bertz CT molecular complexity index is 366. The van der Waals surface area contributed by atoms with Crippen molar-refractivity contribution in [3.05, 3.63) is 29.8 Å². The van der Waals surface area contributed by atoms with E-state index in [1.807, 2.05) is 25.0 Å². The molecule has 0 radical (unpaired) electrons. The van der Waals surface area contributed by atoms with Crippen molar-refractivity contribution in [1.82, 2.24) is 0 Å². The van der Waals surface area contributed by atoms with E-state index in [1.165, 1.54) is 38.5 Å². The number of hydrogen-bond acceptors (Lipinski definition) is 3. The molecule has 21 heavy (non-hydrogen) atoms. The van der Waals surface area contributed by atoms with Crippen molar-refractivity contribution in [2.45, 2.75) is 51.9 Å². The van der Waals surface area contributed by atoms with E-state index in [0.717, 1.165) is 12.0 Å². The Morgan fingerprint density at radius 3 is 2.05 bits per heavy atom. The Hall–Kier alpha value is -2.04. The van der Waals surface area contributed by atoms with Gasteiger partial charge in [0.2, 0.25) is 0 Å². The smallest absolute Gasteiger partial charge is 0.309 e. The van der Waals surface area contributed by atoms with E-state index < -0.39 is 6.03 Å². The molecule has 0 spiro atoms. The summed E-state index contributed by atoms with van der Waals surface area (Å²) in [4.78, 5) is 17.0. The summed E-state index contributed by atoms with van der Waals surface area (Å²) in [7, 11) is 0. The zero-order chi connectivity index (χ0) is 16.5. The van der Waals surface area contributed by atoms with Crippen molar-refractivity contribution < 1.29 is 14.7 Å². The molecule has 2 amide bonds. The van der Waals surface area contributed by atoms with Crippen molar-refractivity contribution in [2.24, 2.45) is 11.5 Å². The Balaban J connectivity index is 0. The highest BCUT2D eigenvalue weighted by Gasteiger charge is 1.98. The minimum Gasteiger partial charge on any atom is -0.508 e. The third kappa shape index (κ3) is 15.9. The van der Waals surface area contributed by atoms with Gasteiger partial charge in [0.1, 0.15) is 12.5 Å². The summed E-state index contributed by atoms with van der Waals surface area (Å²) >= 11 is 0. The number of aromatic hydroxyl groups is 1. The minimum absolute atomic E-state index is 0.450. The molecule has 0 saturated heterocycles. The summed E-state index contributed by atoms with van der Waals surface area (Å²) in [5.41, 5.74) is 9.59. The quantitative estimate of drug-likeness (QED) is 0.673. The van der Waals surface area contributed by atoms with E-state index in [-0.39, 0.29) is 0 Å². The minimum atomic E-state index is -0.833. The van der Waals surface area contributed by atoms with Gasteiger partial charge in [0, 0.05) is 0 Å². The first-order chi connectivity index (χ1) is 10.1. The Labute approximate surface area is 127 Å². The number of phenols is 1. The van der Waals surface area contributed by atoms with Gasteiger partial charge in [-0.05, 0) is 24.5 Å². The van der Waals surface area contributed by atoms with Crippen molar-refractivity contribution in [1.29, 1.82) is 0 Å². The number of primary amides is 2. The van der Waals surface area contributed by atoms with Crippen LogP contribution in [0.5, 0.6) is 5.75 Å². The molecule has 1 rings (SSSR count). The van der Waals surface area contributed by atoms with Gasteiger partial charge in [0.15, 0.2) is 0 Å². The maximum Gasteiger partial charge on any atom is 0.309 e.